The molecule has 26 heavy (non-hydrogen) atoms. The Morgan fingerprint density at radius 3 is 2.50 bits per heavy atom. The topological polar surface area (TPSA) is 58.6 Å². The van der Waals surface area contributed by atoms with Crippen molar-refractivity contribution in [2.75, 3.05) is 37.7 Å². The standard InChI is InChI=1S/C19H23ClN2O3S/c1-15-2-5-17(20)14-19(15)26(23,24)21-9-8-16-3-6-18(7-4-16)22-10-12-25-13-11-22/h2-7,14,21H,8-13H2,1H3. The van der Waals surface area contributed by atoms with Gasteiger partial charge in [0.05, 0.1) is 18.1 Å². The summed E-state index contributed by atoms with van der Waals surface area (Å²) in [5, 5.41) is 0.412. The SMILES string of the molecule is Cc1ccc(Cl)cc1S(=O)(=O)NCCc1ccc(N2CCOCC2)cc1. The maximum atomic E-state index is 12.5. The van der Waals surface area contributed by atoms with Crippen molar-refractivity contribution in [3.8, 4) is 0 Å². The molecule has 5 nitrogen and oxygen atoms in total. The number of hydrogen-bond donors (Lipinski definition) is 1. The molecule has 3 rings (SSSR count). The van der Waals surface area contributed by atoms with Crippen LogP contribution in [0.1, 0.15) is 11.1 Å². The predicted molar refractivity (Wildman–Crippen MR) is 105 cm³/mol. The molecule has 2 aromatic carbocycles. The van der Waals surface area contributed by atoms with E-state index in [-0.39, 0.29) is 4.90 Å². The molecule has 2 aromatic rings. The van der Waals surface area contributed by atoms with E-state index in [1.807, 2.05) is 12.1 Å². The van der Waals surface area contributed by atoms with Gasteiger partial charge in [-0.3, -0.25) is 0 Å². The number of nitrogens with one attached hydrogen (secondary N) is 1. The summed E-state index contributed by atoms with van der Waals surface area (Å²) in [5.41, 5.74) is 2.94. The van der Waals surface area contributed by atoms with Gasteiger partial charge in [-0.15, -0.1) is 0 Å². The molecule has 1 saturated heterocycles. The van der Waals surface area contributed by atoms with Crippen LogP contribution < -0.4 is 9.62 Å². The fourth-order valence-electron chi connectivity index (χ4n) is 2.97. The zero-order chi connectivity index (χ0) is 18.6. The van der Waals surface area contributed by atoms with Crippen molar-refractivity contribution in [3.05, 3.63) is 58.6 Å². The number of nitrogens with zero attached hydrogens (tertiary/aromatic N) is 1. The normalized spacial score (nSPS) is 15.2. The lowest BCUT2D eigenvalue weighted by Crippen LogP contribution is -2.36. The summed E-state index contributed by atoms with van der Waals surface area (Å²) >= 11 is 5.93. The summed E-state index contributed by atoms with van der Waals surface area (Å²) < 4.78 is 33.0. The summed E-state index contributed by atoms with van der Waals surface area (Å²) in [7, 11) is -3.57. The minimum absolute atomic E-state index is 0.229. The Balaban J connectivity index is 1.58. The van der Waals surface area contributed by atoms with E-state index < -0.39 is 10.0 Å². The summed E-state index contributed by atoms with van der Waals surface area (Å²) in [6, 6.07) is 13.1. The number of anilines is 1. The van der Waals surface area contributed by atoms with E-state index in [4.69, 9.17) is 16.3 Å². The molecule has 0 bridgehead atoms. The molecular formula is C19H23ClN2O3S. The minimum Gasteiger partial charge on any atom is -0.378 e. The van der Waals surface area contributed by atoms with Crippen LogP contribution in [0.4, 0.5) is 5.69 Å². The van der Waals surface area contributed by atoms with Gasteiger partial charge in [-0.25, -0.2) is 13.1 Å². The third-order valence-electron chi connectivity index (χ3n) is 4.46. The van der Waals surface area contributed by atoms with Gasteiger partial charge in [-0.1, -0.05) is 29.8 Å². The molecule has 140 valence electrons. The maximum absolute atomic E-state index is 12.5. The van der Waals surface area contributed by atoms with Gasteiger partial charge in [0.15, 0.2) is 0 Å². The second-order valence-corrected chi connectivity index (χ2v) is 8.50. The van der Waals surface area contributed by atoms with Crippen LogP contribution in [0.5, 0.6) is 0 Å². The number of hydrogen-bond acceptors (Lipinski definition) is 4. The number of ether oxygens (including phenoxy) is 1. The van der Waals surface area contributed by atoms with E-state index in [2.05, 4.69) is 21.8 Å². The Hall–Kier alpha value is -1.60. The van der Waals surface area contributed by atoms with Gasteiger partial charge in [0.2, 0.25) is 10.0 Å². The Labute approximate surface area is 160 Å². The van der Waals surface area contributed by atoms with Crippen molar-refractivity contribution < 1.29 is 13.2 Å². The molecule has 1 fully saturated rings. The van der Waals surface area contributed by atoms with Gasteiger partial charge in [0.25, 0.3) is 0 Å². The van der Waals surface area contributed by atoms with Crippen LogP contribution in [-0.2, 0) is 21.2 Å². The number of sulfonamides is 1. The lowest BCUT2D eigenvalue weighted by molar-refractivity contribution is 0.122. The third-order valence-corrected chi connectivity index (χ3v) is 6.30. The van der Waals surface area contributed by atoms with Crippen LogP contribution in [0.3, 0.4) is 0 Å². The Kier molecular flexibility index (Phi) is 6.19. The van der Waals surface area contributed by atoms with E-state index in [0.717, 1.165) is 31.9 Å². The molecule has 0 unspecified atom stereocenters. The van der Waals surface area contributed by atoms with Crippen LogP contribution in [0.15, 0.2) is 47.4 Å². The van der Waals surface area contributed by atoms with E-state index in [1.54, 1.807) is 19.1 Å². The first kappa shape index (κ1) is 19.2. The molecular weight excluding hydrogens is 372 g/mol. The number of rotatable bonds is 6. The van der Waals surface area contributed by atoms with Crippen LogP contribution in [0.25, 0.3) is 0 Å². The number of halogens is 1. The highest BCUT2D eigenvalue weighted by molar-refractivity contribution is 7.89. The molecule has 0 spiro atoms. The molecule has 0 aliphatic carbocycles. The van der Waals surface area contributed by atoms with Crippen molar-refractivity contribution in [2.45, 2.75) is 18.2 Å². The van der Waals surface area contributed by atoms with Gasteiger partial charge < -0.3 is 9.64 Å². The van der Waals surface area contributed by atoms with Crippen molar-refractivity contribution in [2.24, 2.45) is 0 Å². The molecule has 1 aliphatic heterocycles. The zero-order valence-electron chi connectivity index (χ0n) is 14.7. The van der Waals surface area contributed by atoms with E-state index in [9.17, 15) is 8.42 Å². The average Bonchev–Trinajstić information content (AvgIpc) is 2.65. The molecule has 1 N–H and O–H groups in total. The average molecular weight is 395 g/mol. The van der Waals surface area contributed by atoms with Crippen molar-refractivity contribution >= 4 is 27.3 Å². The summed E-state index contributed by atoms with van der Waals surface area (Å²) in [5.74, 6) is 0. The molecule has 0 atom stereocenters. The van der Waals surface area contributed by atoms with E-state index >= 15 is 0 Å². The van der Waals surface area contributed by atoms with Crippen LogP contribution in [0, 0.1) is 6.92 Å². The fraction of sp³-hybridized carbons (Fsp3) is 0.368. The minimum atomic E-state index is -3.57. The highest BCUT2D eigenvalue weighted by Gasteiger charge is 2.17. The van der Waals surface area contributed by atoms with E-state index in [1.165, 1.54) is 11.8 Å². The largest absolute Gasteiger partial charge is 0.378 e. The van der Waals surface area contributed by atoms with Gasteiger partial charge >= 0.3 is 0 Å². The first-order valence-corrected chi connectivity index (χ1v) is 10.5. The molecule has 0 amide bonds. The van der Waals surface area contributed by atoms with Crippen molar-refractivity contribution in [1.82, 2.24) is 4.72 Å². The van der Waals surface area contributed by atoms with Gasteiger partial charge in [0.1, 0.15) is 0 Å². The molecule has 1 heterocycles. The smallest absolute Gasteiger partial charge is 0.240 e. The monoisotopic (exact) mass is 394 g/mol. The summed E-state index contributed by atoms with van der Waals surface area (Å²) in [6.07, 6.45) is 0.627. The van der Waals surface area contributed by atoms with Crippen LogP contribution in [0.2, 0.25) is 5.02 Å². The lowest BCUT2D eigenvalue weighted by Gasteiger charge is -2.28. The summed E-state index contributed by atoms with van der Waals surface area (Å²) in [6.45, 7) is 5.41. The Morgan fingerprint density at radius 2 is 1.81 bits per heavy atom. The molecule has 0 saturated carbocycles. The predicted octanol–water partition coefficient (Wildman–Crippen LogP) is 3.01. The molecule has 1 aliphatic rings. The third kappa shape index (κ3) is 4.76. The molecule has 0 radical (unpaired) electrons. The zero-order valence-corrected chi connectivity index (χ0v) is 16.3. The van der Waals surface area contributed by atoms with Crippen LogP contribution >= 0.6 is 11.6 Å². The van der Waals surface area contributed by atoms with E-state index in [0.29, 0.717) is 23.6 Å². The Bertz CT molecular complexity index is 848. The van der Waals surface area contributed by atoms with Gasteiger partial charge in [0, 0.05) is 30.3 Å². The number of aryl methyl sites for hydroxylation is 1. The van der Waals surface area contributed by atoms with Crippen molar-refractivity contribution in [1.29, 1.82) is 0 Å². The number of morpholine rings is 1. The quantitative estimate of drug-likeness (QED) is 0.818. The van der Waals surface area contributed by atoms with Gasteiger partial charge in [-0.05, 0) is 48.7 Å². The summed E-state index contributed by atoms with van der Waals surface area (Å²) in [4.78, 5) is 2.52. The first-order chi connectivity index (χ1) is 12.5. The second-order valence-electron chi connectivity index (χ2n) is 6.32. The number of benzene rings is 2. The first-order valence-electron chi connectivity index (χ1n) is 8.63. The maximum Gasteiger partial charge on any atom is 0.240 e. The van der Waals surface area contributed by atoms with Crippen molar-refractivity contribution in [3.63, 3.8) is 0 Å². The highest BCUT2D eigenvalue weighted by atomic mass is 35.5. The van der Waals surface area contributed by atoms with Crippen LogP contribution in [-0.4, -0.2) is 41.3 Å². The fourth-order valence-corrected chi connectivity index (χ4v) is 4.50. The van der Waals surface area contributed by atoms with Gasteiger partial charge in [-0.2, -0.15) is 0 Å². The second kappa shape index (κ2) is 8.39. The molecule has 7 heteroatoms. The molecule has 0 aromatic heterocycles. The lowest BCUT2D eigenvalue weighted by atomic mass is 10.1. The Morgan fingerprint density at radius 1 is 1.12 bits per heavy atom. The highest BCUT2D eigenvalue weighted by Crippen LogP contribution is 2.20.